The second-order valence-corrected chi connectivity index (χ2v) is 8.57. The van der Waals surface area contributed by atoms with Gasteiger partial charge >= 0.3 is 0 Å². The van der Waals surface area contributed by atoms with Gasteiger partial charge in [-0.2, -0.15) is 15.2 Å². The Morgan fingerprint density at radius 3 is 2.90 bits per heavy atom. The molecule has 2 aliphatic carbocycles. The maximum absolute atomic E-state index is 12.9. The molecule has 10 nitrogen and oxygen atoms in total. The standard InChI is InChI=1S/C21H25N9O/c31-20(25-17-8-9-22-28-17)16-5-2-10-30(16)21-23-14-4-1-3-13(14)19(26-21)24-18-11-15(27-29-18)12-6-7-12/h8-9,11-12,16H,1-7,10H2,(H2,22,25,28,31)(H2,23,24,26,27,29)/t16-/m0/s1. The molecule has 1 atom stereocenters. The predicted molar refractivity (Wildman–Crippen MR) is 115 cm³/mol. The number of amides is 1. The van der Waals surface area contributed by atoms with Gasteiger partial charge in [0.2, 0.25) is 11.9 Å². The van der Waals surface area contributed by atoms with E-state index in [4.69, 9.17) is 9.97 Å². The van der Waals surface area contributed by atoms with Gasteiger partial charge in [0.25, 0.3) is 0 Å². The lowest BCUT2D eigenvalue weighted by molar-refractivity contribution is -0.117. The van der Waals surface area contributed by atoms with Crippen molar-refractivity contribution in [3.05, 3.63) is 35.3 Å². The van der Waals surface area contributed by atoms with Gasteiger partial charge in [-0.3, -0.25) is 15.0 Å². The Kier molecular flexibility index (Phi) is 4.36. The van der Waals surface area contributed by atoms with E-state index in [1.165, 1.54) is 18.5 Å². The SMILES string of the molecule is O=C(Nc1ccn[nH]1)[C@@H]1CCCN1c1nc2c(c(Nc3cc(C4CC4)[nH]n3)n1)CCC2. The minimum absolute atomic E-state index is 0.0678. The van der Waals surface area contributed by atoms with E-state index in [1.807, 2.05) is 4.90 Å². The van der Waals surface area contributed by atoms with Crippen molar-refractivity contribution in [1.29, 1.82) is 0 Å². The molecule has 3 aromatic heterocycles. The summed E-state index contributed by atoms with van der Waals surface area (Å²) in [5, 5.41) is 20.6. The number of aromatic nitrogens is 6. The Bertz CT molecular complexity index is 1100. The topological polar surface area (TPSA) is 128 Å². The number of hydrogen-bond donors (Lipinski definition) is 4. The average molecular weight is 419 g/mol. The molecule has 0 radical (unpaired) electrons. The van der Waals surface area contributed by atoms with Gasteiger partial charge in [-0.1, -0.05) is 0 Å². The fourth-order valence-electron chi connectivity index (χ4n) is 4.60. The number of aromatic amines is 2. The van der Waals surface area contributed by atoms with Gasteiger partial charge in [-0.25, -0.2) is 4.98 Å². The van der Waals surface area contributed by atoms with Gasteiger partial charge in [0.15, 0.2) is 5.82 Å². The number of rotatable bonds is 6. The molecule has 10 heteroatoms. The molecule has 3 aliphatic rings. The second-order valence-electron chi connectivity index (χ2n) is 8.57. The van der Waals surface area contributed by atoms with Crippen LogP contribution in [0, 0.1) is 0 Å². The summed E-state index contributed by atoms with van der Waals surface area (Å²) in [6.07, 6.45) is 8.74. The van der Waals surface area contributed by atoms with Crippen LogP contribution in [0.4, 0.5) is 23.4 Å². The highest BCUT2D eigenvalue weighted by molar-refractivity contribution is 5.96. The van der Waals surface area contributed by atoms with Crippen LogP contribution in [0.15, 0.2) is 18.3 Å². The average Bonchev–Trinajstić information content (AvgIpc) is 3.27. The van der Waals surface area contributed by atoms with E-state index in [0.29, 0.717) is 17.7 Å². The van der Waals surface area contributed by atoms with Crippen LogP contribution < -0.4 is 15.5 Å². The number of H-pyrrole nitrogens is 2. The zero-order valence-corrected chi connectivity index (χ0v) is 17.2. The molecule has 1 saturated heterocycles. The molecule has 1 aliphatic heterocycles. The lowest BCUT2D eigenvalue weighted by atomic mass is 10.2. The van der Waals surface area contributed by atoms with Crippen LogP contribution >= 0.6 is 0 Å². The molecular weight excluding hydrogens is 394 g/mol. The first-order valence-corrected chi connectivity index (χ1v) is 11.0. The number of nitrogens with one attached hydrogen (secondary N) is 4. The van der Waals surface area contributed by atoms with Crippen molar-refractivity contribution in [2.45, 2.75) is 56.9 Å². The first-order chi connectivity index (χ1) is 15.2. The summed E-state index contributed by atoms with van der Waals surface area (Å²) in [5.41, 5.74) is 3.42. The third-order valence-electron chi connectivity index (χ3n) is 6.35. The molecule has 0 bridgehead atoms. The fraction of sp³-hybridized carbons (Fsp3) is 0.476. The molecule has 6 rings (SSSR count). The Morgan fingerprint density at radius 2 is 2.06 bits per heavy atom. The van der Waals surface area contributed by atoms with Crippen molar-refractivity contribution < 1.29 is 4.79 Å². The first kappa shape index (κ1) is 18.3. The fourth-order valence-corrected chi connectivity index (χ4v) is 4.60. The third-order valence-corrected chi connectivity index (χ3v) is 6.35. The van der Waals surface area contributed by atoms with Crippen molar-refractivity contribution in [2.24, 2.45) is 0 Å². The van der Waals surface area contributed by atoms with E-state index in [1.54, 1.807) is 12.3 Å². The molecule has 1 saturated carbocycles. The largest absolute Gasteiger partial charge is 0.329 e. The van der Waals surface area contributed by atoms with Crippen LogP contribution in [0.2, 0.25) is 0 Å². The van der Waals surface area contributed by atoms with Crippen LogP contribution in [0.1, 0.15) is 55.0 Å². The molecular formula is C21H25N9O. The van der Waals surface area contributed by atoms with Crippen molar-refractivity contribution in [3.8, 4) is 0 Å². The molecule has 4 N–H and O–H groups in total. The number of fused-ring (bicyclic) bond motifs is 1. The summed E-state index contributed by atoms with van der Waals surface area (Å²) in [5.74, 6) is 3.36. The normalized spacial score (nSPS) is 20.1. The molecule has 160 valence electrons. The summed E-state index contributed by atoms with van der Waals surface area (Å²) >= 11 is 0. The molecule has 1 amide bonds. The zero-order chi connectivity index (χ0) is 20.8. The van der Waals surface area contributed by atoms with Crippen LogP contribution in [0.5, 0.6) is 0 Å². The van der Waals surface area contributed by atoms with Crippen molar-refractivity contribution in [3.63, 3.8) is 0 Å². The van der Waals surface area contributed by atoms with E-state index in [9.17, 15) is 4.79 Å². The number of carbonyl (C=O) groups excluding carboxylic acids is 1. The highest BCUT2D eigenvalue weighted by Crippen LogP contribution is 2.40. The summed E-state index contributed by atoms with van der Waals surface area (Å²) in [4.78, 5) is 24.6. The maximum Gasteiger partial charge on any atom is 0.248 e. The van der Waals surface area contributed by atoms with Gasteiger partial charge in [-0.05, 0) is 44.9 Å². The summed E-state index contributed by atoms with van der Waals surface area (Å²) in [6.45, 7) is 0.757. The molecule has 31 heavy (non-hydrogen) atoms. The number of carbonyl (C=O) groups is 1. The zero-order valence-electron chi connectivity index (χ0n) is 17.2. The first-order valence-electron chi connectivity index (χ1n) is 11.0. The monoisotopic (exact) mass is 419 g/mol. The molecule has 0 aromatic carbocycles. The molecule has 0 spiro atoms. The quantitative estimate of drug-likeness (QED) is 0.484. The summed E-state index contributed by atoms with van der Waals surface area (Å²) < 4.78 is 0. The van der Waals surface area contributed by atoms with Crippen LogP contribution in [-0.2, 0) is 17.6 Å². The number of anilines is 4. The van der Waals surface area contributed by atoms with Gasteiger partial charge in [0.05, 0.1) is 11.9 Å². The third kappa shape index (κ3) is 3.51. The highest BCUT2D eigenvalue weighted by Gasteiger charge is 2.34. The summed E-state index contributed by atoms with van der Waals surface area (Å²) in [6, 6.07) is 3.52. The van der Waals surface area contributed by atoms with Gasteiger partial charge in [0, 0.05) is 35.9 Å². The highest BCUT2D eigenvalue weighted by atomic mass is 16.2. The maximum atomic E-state index is 12.9. The minimum Gasteiger partial charge on any atom is -0.329 e. The van der Waals surface area contributed by atoms with Crippen molar-refractivity contribution in [1.82, 2.24) is 30.4 Å². The molecule has 4 heterocycles. The summed E-state index contributed by atoms with van der Waals surface area (Å²) in [7, 11) is 0. The van der Waals surface area contributed by atoms with E-state index >= 15 is 0 Å². The number of aryl methyl sites for hydroxylation is 1. The molecule has 3 aromatic rings. The van der Waals surface area contributed by atoms with E-state index in [-0.39, 0.29) is 11.9 Å². The Hall–Kier alpha value is -3.43. The van der Waals surface area contributed by atoms with E-state index in [2.05, 4.69) is 37.1 Å². The number of hydrogen-bond acceptors (Lipinski definition) is 7. The molecule has 0 unspecified atom stereocenters. The molecule has 2 fully saturated rings. The van der Waals surface area contributed by atoms with Crippen molar-refractivity contribution >= 4 is 29.3 Å². The van der Waals surface area contributed by atoms with Gasteiger partial charge in [0.1, 0.15) is 17.7 Å². The Morgan fingerprint density at radius 1 is 1.13 bits per heavy atom. The smallest absolute Gasteiger partial charge is 0.248 e. The van der Waals surface area contributed by atoms with Crippen LogP contribution in [0.3, 0.4) is 0 Å². The Labute approximate surface area is 179 Å². The Balaban J connectivity index is 1.27. The van der Waals surface area contributed by atoms with Gasteiger partial charge < -0.3 is 15.5 Å². The second kappa shape index (κ2) is 7.36. The number of nitrogens with zero attached hydrogens (tertiary/aromatic N) is 5. The van der Waals surface area contributed by atoms with Crippen molar-refractivity contribution in [2.75, 3.05) is 22.1 Å². The van der Waals surface area contributed by atoms with E-state index < -0.39 is 0 Å². The van der Waals surface area contributed by atoms with Crippen LogP contribution in [0.25, 0.3) is 0 Å². The minimum atomic E-state index is -0.303. The van der Waals surface area contributed by atoms with E-state index in [0.717, 1.165) is 61.5 Å². The predicted octanol–water partition coefficient (Wildman–Crippen LogP) is 2.64. The van der Waals surface area contributed by atoms with Gasteiger partial charge in [-0.15, -0.1) is 0 Å². The lowest BCUT2D eigenvalue weighted by Gasteiger charge is -2.25. The van der Waals surface area contributed by atoms with Crippen LogP contribution in [-0.4, -0.2) is 48.9 Å². The lowest BCUT2D eigenvalue weighted by Crippen LogP contribution is -2.40.